The van der Waals surface area contributed by atoms with Crippen molar-refractivity contribution >= 4 is 0 Å². The zero-order chi connectivity index (χ0) is 10.7. The molecule has 1 aliphatic rings. The summed E-state index contributed by atoms with van der Waals surface area (Å²) >= 11 is 0. The Morgan fingerprint density at radius 2 is 2.27 bits per heavy atom. The molecule has 0 aromatic carbocycles. The molecule has 1 unspecified atom stereocenters. The first-order chi connectivity index (χ1) is 7.33. The molecule has 0 spiro atoms. The quantitative estimate of drug-likeness (QED) is 0.822. The fraction of sp³-hybridized carbons (Fsp3) is 0.750. The number of oxazole rings is 1. The maximum absolute atomic E-state index is 5.78. The summed E-state index contributed by atoms with van der Waals surface area (Å²) in [5.74, 6) is 2.74. The van der Waals surface area contributed by atoms with Gasteiger partial charge in [-0.1, -0.05) is 13.8 Å². The maximum atomic E-state index is 5.78. The molecule has 0 saturated carbocycles. The van der Waals surface area contributed by atoms with E-state index < -0.39 is 0 Å². The van der Waals surface area contributed by atoms with E-state index in [4.69, 9.17) is 4.42 Å². The molecule has 1 fully saturated rings. The normalized spacial score (nSPS) is 21.1. The Kier molecular flexibility index (Phi) is 3.41. The van der Waals surface area contributed by atoms with E-state index in [1.54, 1.807) is 0 Å². The van der Waals surface area contributed by atoms with E-state index in [0.717, 1.165) is 55.6 Å². The lowest BCUT2D eigenvalue weighted by Gasteiger charge is -2.02. The van der Waals surface area contributed by atoms with Crippen LogP contribution in [-0.4, -0.2) is 18.1 Å². The van der Waals surface area contributed by atoms with Gasteiger partial charge in [-0.15, -0.1) is 0 Å². The first-order valence-electron chi connectivity index (χ1n) is 6.01. The van der Waals surface area contributed by atoms with Crippen molar-refractivity contribution in [2.75, 3.05) is 13.1 Å². The minimum Gasteiger partial charge on any atom is -0.445 e. The number of aryl methyl sites for hydroxylation is 2. The molecule has 0 bridgehead atoms. The minimum absolute atomic E-state index is 0.720. The largest absolute Gasteiger partial charge is 0.445 e. The van der Waals surface area contributed by atoms with Crippen molar-refractivity contribution in [1.29, 1.82) is 0 Å². The van der Waals surface area contributed by atoms with E-state index in [1.807, 2.05) is 0 Å². The zero-order valence-electron chi connectivity index (χ0n) is 9.68. The van der Waals surface area contributed by atoms with E-state index in [2.05, 4.69) is 24.1 Å². The molecule has 15 heavy (non-hydrogen) atoms. The molecule has 2 rings (SSSR count). The van der Waals surface area contributed by atoms with Gasteiger partial charge in [0, 0.05) is 12.8 Å². The second-order valence-electron chi connectivity index (χ2n) is 4.25. The third-order valence-corrected chi connectivity index (χ3v) is 3.10. The van der Waals surface area contributed by atoms with Crippen LogP contribution in [0.25, 0.3) is 0 Å². The van der Waals surface area contributed by atoms with Gasteiger partial charge in [0.15, 0.2) is 5.89 Å². The van der Waals surface area contributed by atoms with Gasteiger partial charge in [-0.3, -0.25) is 0 Å². The second kappa shape index (κ2) is 4.79. The summed E-state index contributed by atoms with van der Waals surface area (Å²) in [7, 11) is 0. The molecule has 1 N–H and O–H groups in total. The van der Waals surface area contributed by atoms with Gasteiger partial charge in [0.2, 0.25) is 0 Å². The van der Waals surface area contributed by atoms with Crippen molar-refractivity contribution in [2.45, 2.75) is 39.5 Å². The van der Waals surface area contributed by atoms with Crippen LogP contribution in [0.3, 0.4) is 0 Å². The maximum Gasteiger partial charge on any atom is 0.194 e. The van der Waals surface area contributed by atoms with Crippen LogP contribution in [-0.2, 0) is 19.3 Å². The Balaban J connectivity index is 2.04. The van der Waals surface area contributed by atoms with Crippen LogP contribution in [0.2, 0.25) is 0 Å². The number of aromatic nitrogens is 1. The van der Waals surface area contributed by atoms with E-state index in [1.165, 1.54) is 6.42 Å². The van der Waals surface area contributed by atoms with Crippen LogP contribution in [0.15, 0.2) is 4.42 Å². The van der Waals surface area contributed by atoms with Crippen LogP contribution >= 0.6 is 0 Å². The highest BCUT2D eigenvalue weighted by molar-refractivity contribution is 5.10. The van der Waals surface area contributed by atoms with Crippen molar-refractivity contribution in [1.82, 2.24) is 10.3 Å². The smallest absolute Gasteiger partial charge is 0.194 e. The van der Waals surface area contributed by atoms with Gasteiger partial charge in [-0.05, 0) is 31.8 Å². The number of nitrogens with one attached hydrogen (secondary N) is 1. The lowest BCUT2D eigenvalue weighted by Crippen LogP contribution is -2.10. The Morgan fingerprint density at radius 1 is 1.40 bits per heavy atom. The zero-order valence-corrected chi connectivity index (χ0v) is 9.68. The fourth-order valence-electron chi connectivity index (χ4n) is 2.21. The molecule has 1 atom stereocenters. The predicted molar refractivity (Wildman–Crippen MR) is 59.9 cm³/mol. The minimum atomic E-state index is 0.720. The third-order valence-electron chi connectivity index (χ3n) is 3.10. The van der Waals surface area contributed by atoms with E-state index in [0.29, 0.717) is 0 Å². The van der Waals surface area contributed by atoms with Crippen molar-refractivity contribution < 1.29 is 4.42 Å². The lowest BCUT2D eigenvalue weighted by atomic mass is 10.1. The van der Waals surface area contributed by atoms with Gasteiger partial charge in [0.05, 0.1) is 5.69 Å². The van der Waals surface area contributed by atoms with Crippen LogP contribution in [0, 0.1) is 5.92 Å². The van der Waals surface area contributed by atoms with Crippen LogP contribution < -0.4 is 5.32 Å². The Labute approximate surface area is 91.3 Å². The van der Waals surface area contributed by atoms with Crippen LogP contribution in [0.5, 0.6) is 0 Å². The summed E-state index contributed by atoms with van der Waals surface area (Å²) in [6, 6.07) is 0. The topological polar surface area (TPSA) is 38.1 Å². The standard InChI is InChI=1S/C12H20N2O/c1-3-10-11(4-2)15-12(14-10)7-9-5-6-13-8-9/h9,13H,3-8H2,1-2H3. The van der Waals surface area contributed by atoms with Gasteiger partial charge in [0.25, 0.3) is 0 Å². The Morgan fingerprint density at radius 3 is 2.80 bits per heavy atom. The van der Waals surface area contributed by atoms with Crippen molar-refractivity contribution in [3.8, 4) is 0 Å². The number of hydrogen-bond acceptors (Lipinski definition) is 3. The highest BCUT2D eigenvalue weighted by Crippen LogP contribution is 2.18. The lowest BCUT2D eigenvalue weighted by molar-refractivity contribution is 0.419. The van der Waals surface area contributed by atoms with Gasteiger partial charge < -0.3 is 9.73 Å². The number of rotatable bonds is 4. The Hall–Kier alpha value is -0.830. The second-order valence-corrected chi connectivity index (χ2v) is 4.25. The summed E-state index contributed by atoms with van der Waals surface area (Å²) in [6.45, 7) is 6.52. The van der Waals surface area contributed by atoms with E-state index in [-0.39, 0.29) is 0 Å². The Bertz CT molecular complexity index is 292. The molecule has 1 aromatic rings. The van der Waals surface area contributed by atoms with E-state index in [9.17, 15) is 0 Å². The molecule has 0 radical (unpaired) electrons. The molecule has 1 aromatic heterocycles. The number of nitrogens with zero attached hydrogens (tertiary/aromatic N) is 1. The fourth-order valence-corrected chi connectivity index (χ4v) is 2.21. The third kappa shape index (κ3) is 2.40. The molecule has 3 nitrogen and oxygen atoms in total. The van der Waals surface area contributed by atoms with Crippen molar-refractivity contribution in [3.05, 3.63) is 17.3 Å². The summed E-state index contributed by atoms with van der Waals surface area (Å²) < 4.78 is 5.78. The van der Waals surface area contributed by atoms with Crippen molar-refractivity contribution in [3.63, 3.8) is 0 Å². The summed E-state index contributed by atoms with van der Waals surface area (Å²) in [4.78, 5) is 4.57. The van der Waals surface area contributed by atoms with Gasteiger partial charge in [0.1, 0.15) is 5.76 Å². The highest BCUT2D eigenvalue weighted by Gasteiger charge is 2.18. The molecule has 3 heteroatoms. The summed E-state index contributed by atoms with van der Waals surface area (Å²) in [6.07, 6.45) is 4.19. The molecule has 0 amide bonds. The van der Waals surface area contributed by atoms with Gasteiger partial charge in [-0.25, -0.2) is 4.98 Å². The predicted octanol–water partition coefficient (Wildman–Crippen LogP) is 1.95. The summed E-state index contributed by atoms with van der Waals surface area (Å²) in [5, 5.41) is 3.37. The molecular weight excluding hydrogens is 188 g/mol. The average Bonchev–Trinajstić information content (AvgIpc) is 2.87. The van der Waals surface area contributed by atoms with Crippen LogP contribution in [0.1, 0.15) is 37.6 Å². The molecule has 1 saturated heterocycles. The number of hydrogen-bond donors (Lipinski definition) is 1. The highest BCUT2D eigenvalue weighted by atomic mass is 16.4. The molecule has 1 aliphatic heterocycles. The van der Waals surface area contributed by atoms with Gasteiger partial charge >= 0.3 is 0 Å². The van der Waals surface area contributed by atoms with Gasteiger partial charge in [-0.2, -0.15) is 0 Å². The first kappa shape index (κ1) is 10.7. The molecular formula is C12H20N2O. The molecule has 2 heterocycles. The average molecular weight is 208 g/mol. The van der Waals surface area contributed by atoms with E-state index >= 15 is 0 Å². The monoisotopic (exact) mass is 208 g/mol. The molecule has 0 aliphatic carbocycles. The first-order valence-corrected chi connectivity index (χ1v) is 6.01. The summed E-state index contributed by atoms with van der Waals surface area (Å²) in [5.41, 5.74) is 1.15. The van der Waals surface area contributed by atoms with Crippen molar-refractivity contribution in [2.24, 2.45) is 5.92 Å². The molecule has 84 valence electrons. The van der Waals surface area contributed by atoms with Crippen LogP contribution in [0.4, 0.5) is 0 Å². The SMILES string of the molecule is CCc1nc(CC2CCNC2)oc1CC.